The lowest BCUT2D eigenvalue weighted by Gasteiger charge is -2.23. The lowest BCUT2D eigenvalue weighted by atomic mass is 9.89. The zero-order chi connectivity index (χ0) is 12.2. The molecule has 1 atom stereocenters. The summed E-state index contributed by atoms with van der Waals surface area (Å²) in [5, 5.41) is 0. The summed E-state index contributed by atoms with van der Waals surface area (Å²) in [5.74, 6) is 0.625. The second kappa shape index (κ2) is 5.44. The SMILES string of the molecule is C=CCN(CC=C)CC1CCC(C)(C)C1=O. The summed E-state index contributed by atoms with van der Waals surface area (Å²) in [6.45, 7) is 14.1. The normalized spacial score (nSPS) is 23.7. The smallest absolute Gasteiger partial charge is 0.142 e. The summed E-state index contributed by atoms with van der Waals surface area (Å²) in [6, 6.07) is 0. The van der Waals surface area contributed by atoms with Crippen molar-refractivity contribution in [2.75, 3.05) is 19.6 Å². The van der Waals surface area contributed by atoms with Crippen molar-refractivity contribution in [1.82, 2.24) is 4.90 Å². The van der Waals surface area contributed by atoms with Gasteiger partial charge >= 0.3 is 0 Å². The molecule has 0 N–H and O–H groups in total. The van der Waals surface area contributed by atoms with Crippen LogP contribution in [0.5, 0.6) is 0 Å². The second-order valence-corrected chi connectivity index (χ2v) is 5.28. The number of Topliss-reactive ketones (excluding diaryl/α,β-unsaturated/α-hetero) is 1. The number of ketones is 1. The highest BCUT2D eigenvalue weighted by molar-refractivity contribution is 5.88. The fourth-order valence-electron chi connectivity index (χ4n) is 2.42. The molecule has 0 saturated heterocycles. The van der Waals surface area contributed by atoms with Gasteiger partial charge in [0.1, 0.15) is 5.78 Å². The first-order valence-corrected chi connectivity index (χ1v) is 5.99. The Kier molecular flexibility index (Phi) is 4.48. The van der Waals surface area contributed by atoms with E-state index in [1.165, 1.54) is 0 Å². The first-order chi connectivity index (χ1) is 7.51. The highest BCUT2D eigenvalue weighted by Gasteiger charge is 2.40. The average molecular weight is 221 g/mol. The van der Waals surface area contributed by atoms with Gasteiger partial charge in [0.05, 0.1) is 0 Å². The molecule has 1 unspecified atom stereocenters. The maximum Gasteiger partial charge on any atom is 0.142 e. The Morgan fingerprint density at radius 3 is 2.31 bits per heavy atom. The molecular formula is C14H23NO. The van der Waals surface area contributed by atoms with Crippen LogP contribution in [0.15, 0.2) is 25.3 Å². The summed E-state index contributed by atoms with van der Waals surface area (Å²) >= 11 is 0. The molecule has 0 radical (unpaired) electrons. The van der Waals surface area contributed by atoms with Crippen LogP contribution in [0.1, 0.15) is 26.7 Å². The molecule has 0 aromatic carbocycles. The molecule has 0 heterocycles. The monoisotopic (exact) mass is 221 g/mol. The minimum atomic E-state index is -0.112. The van der Waals surface area contributed by atoms with Gasteiger partial charge in [-0.1, -0.05) is 26.0 Å². The van der Waals surface area contributed by atoms with Crippen LogP contribution in [0.25, 0.3) is 0 Å². The molecule has 0 aromatic heterocycles. The molecule has 1 aliphatic rings. The zero-order valence-corrected chi connectivity index (χ0v) is 10.5. The molecule has 2 nitrogen and oxygen atoms in total. The highest BCUT2D eigenvalue weighted by atomic mass is 16.1. The molecule has 1 fully saturated rings. The van der Waals surface area contributed by atoms with Crippen LogP contribution in [0.2, 0.25) is 0 Å². The van der Waals surface area contributed by atoms with Gasteiger partial charge in [0.25, 0.3) is 0 Å². The van der Waals surface area contributed by atoms with Crippen LogP contribution >= 0.6 is 0 Å². The summed E-state index contributed by atoms with van der Waals surface area (Å²) < 4.78 is 0. The minimum Gasteiger partial charge on any atom is -0.299 e. The summed E-state index contributed by atoms with van der Waals surface area (Å²) in [5.41, 5.74) is -0.112. The molecule has 0 spiro atoms. The van der Waals surface area contributed by atoms with Gasteiger partial charge in [-0.15, -0.1) is 13.2 Å². The standard InChI is InChI=1S/C14H23NO/c1-5-9-15(10-6-2)11-12-7-8-14(3,4)13(12)16/h5-6,12H,1-2,7-11H2,3-4H3. The maximum absolute atomic E-state index is 12.1. The molecule has 1 saturated carbocycles. The zero-order valence-electron chi connectivity index (χ0n) is 10.5. The van der Waals surface area contributed by atoms with E-state index in [2.05, 4.69) is 31.9 Å². The molecule has 0 bridgehead atoms. The predicted molar refractivity (Wildman–Crippen MR) is 68.3 cm³/mol. The van der Waals surface area contributed by atoms with E-state index in [1.54, 1.807) is 0 Å². The second-order valence-electron chi connectivity index (χ2n) is 5.28. The van der Waals surface area contributed by atoms with E-state index < -0.39 is 0 Å². The van der Waals surface area contributed by atoms with E-state index >= 15 is 0 Å². The Balaban J connectivity index is 2.56. The van der Waals surface area contributed by atoms with Crippen molar-refractivity contribution in [2.24, 2.45) is 11.3 Å². The minimum absolute atomic E-state index is 0.112. The molecule has 0 aromatic rings. The Labute approximate surface area is 99.0 Å². The molecule has 0 amide bonds. The fraction of sp³-hybridized carbons (Fsp3) is 0.643. The predicted octanol–water partition coefficient (Wildman–Crippen LogP) is 2.67. The molecule has 2 heteroatoms. The van der Waals surface area contributed by atoms with Crippen molar-refractivity contribution in [3.63, 3.8) is 0 Å². The van der Waals surface area contributed by atoms with E-state index in [1.807, 2.05) is 12.2 Å². The van der Waals surface area contributed by atoms with Crippen molar-refractivity contribution < 1.29 is 4.79 Å². The third kappa shape index (κ3) is 3.05. The van der Waals surface area contributed by atoms with Crippen LogP contribution in [0.4, 0.5) is 0 Å². The van der Waals surface area contributed by atoms with E-state index in [0.29, 0.717) is 5.78 Å². The van der Waals surface area contributed by atoms with Crippen LogP contribution in [0.3, 0.4) is 0 Å². The first kappa shape index (κ1) is 13.2. The summed E-state index contributed by atoms with van der Waals surface area (Å²) in [7, 11) is 0. The van der Waals surface area contributed by atoms with Gasteiger partial charge in [0.15, 0.2) is 0 Å². The molecule has 1 rings (SSSR count). The molecule has 16 heavy (non-hydrogen) atoms. The van der Waals surface area contributed by atoms with Crippen LogP contribution < -0.4 is 0 Å². The van der Waals surface area contributed by atoms with Gasteiger partial charge in [-0.3, -0.25) is 9.69 Å². The number of hydrogen-bond acceptors (Lipinski definition) is 2. The van der Waals surface area contributed by atoms with E-state index in [9.17, 15) is 4.79 Å². The van der Waals surface area contributed by atoms with E-state index in [-0.39, 0.29) is 11.3 Å². The Bertz CT molecular complexity index is 270. The molecule has 1 aliphatic carbocycles. The van der Waals surface area contributed by atoms with Gasteiger partial charge in [-0.25, -0.2) is 0 Å². The van der Waals surface area contributed by atoms with Crippen molar-refractivity contribution in [3.05, 3.63) is 25.3 Å². The average Bonchev–Trinajstić information content (AvgIpc) is 2.46. The molecule has 90 valence electrons. The number of carbonyl (C=O) groups excluding carboxylic acids is 1. The Morgan fingerprint density at radius 2 is 1.94 bits per heavy atom. The number of carbonyl (C=O) groups is 1. The highest BCUT2D eigenvalue weighted by Crippen LogP contribution is 2.37. The third-order valence-corrected chi connectivity index (χ3v) is 3.41. The summed E-state index contributed by atoms with van der Waals surface area (Å²) in [4.78, 5) is 14.3. The van der Waals surface area contributed by atoms with Gasteiger partial charge in [-0.05, 0) is 12.8 Å². The Hall–Kier alpha value is -0.890. The third-order valence-electron chi connectivity index (χ3n) is 3.41. The van der Waals surface area contributed by atoms with Crippen LogP contribution in [-0.4, -0.2) is 30.3 Å². The Morgan fingerprint density at radius 1 is 1.38 bits per heavy atom. The largest absolute Gasteiger partial charge is 0.299 e. The number of nitrogens with zero attached hydrogens (tertiary/aromatic N) is 1. The number of hydrogen-bond donors (Lipinski definition) is 0. The quantitative estimate of drug-likeness (QED) is 0.643. The first-order valence-electron chi connectivity index (χ1n) is 5.99. The number of rotatable bonds is 6. The fourth-order valence-corrected chi connectivity index (χ4v) is 2.42. The van der Waals surface area contributed by atoms with E-state index in [0.717, 1.165) is 32.5 Å². The van der Waals surface area contributed by atoms with E-state index in [4.69, 9.17) is 0 Å². The topological polar surface area (TPSA) is 20.3 Å². The van der Waals surface area contributed by atoms with Crippen LogP contribution in [-0.2, 0) is 4.79 Å². The molecular weight excluding hydrogens is 198 g/mol. The van der Waals surface area contributed by atoms with Gasteiger partial charge in [-0.2, -0.15) is 0 Å². The van der Waals surface area contributed by atoms with Gasteiger partial charge in [0.2, 0.25) is 0 Å². The van der Waals surface area contributed by atoms with Crippen molar-refractivity contribution in [1.29, 1.82) is 0 Å². The van der Waals surface area contributed by atoms with Gasteiger partial charge < -0.3 is 0 Å². The van der Waals surface area contributed by atoms with Crippen molar-refractivity contribution >= 4 is 5.78 Å². The molecule has 0 aliphatic heterocycles. The van der Waals surface area contributed by atoms with Crippen molar-refractivity contribution in [2.45, 2.75) is 26.7 Å². The summed E-state index contributed by atoms with van der Waals surface area (Å²) in [6.07, 6.45) is 5.81. The van der Waals surface area contributed by atoms with Gasteiger partial charge in [0, 0.05) is 31.0 Å². The lowest BCUT2D eigenvalue weighted by Crippen LogP contribution is -2.34. The maximum atomic E-state index is 12.1. The van der Waals surface area contributed by atoms with Crippen molar-refractivity contribution in [3.8, 4) is 0 Å². The van der Waals surface area contributed by atoms with Crippen LogP contribution in [0, 0.1) is 11.3 Å². The lowest BCUT2D eigenvalue weighted by molar-refractivity contribution is -0.127.